The lowest BCUT2D eigenvalue weighted by Gasteiger charge is -2.18. The number of allylic oxidation sites excluding steroid dienone is 1. The third kappa shape index (κ3) is 8.02. The van der Waals surface area contributed by atoms with Gasteiger partial charge in [0.15, 0.2) is 23.1 Å². The van der Waals surface area contributed by atoms with E-state index < -0.39 is 34.8 Å². The summed E-state index contributed by atoms with van der Waals surface area (Å²) in [6.07, 6.45) is 3.27. The summed E-state index contributed by atoms with van der Waals surface area (Å²) in [6.45, 7) is 5.57. The molecule has 0 radical (unpaired) electrons. The van der Waals surface area contributed by atoms with Crippen LogP contribution in [-0.2, 0) is 14.4 Å². The predicted octanol–water partition coefficient (Wildman–Crippen LogP) is 6.74. The summed E-state index contributed by atoms with van der Waals surface area (Å²) in [7, 11) is 1.46. The third-order valence-corrected chi connectivity index (χ3v) is 7.15. The molecule has 236 valence electrons. The lowest BCUT2D eigenvalue weighted by molar-refractivity contribution is -0.137. The van der Waals surface area contributed by atoms with Gasteiger partial charge < -0.3 is 30.0 Å². The van der Waals surface area contributed by atoms with Gasteiger partial charge in [0.2, 0.25) is 11.8 Å². The fourth-order valence-electron chi connectivity index (χ4n) is 4.48. The van der Waals surface area contributed by atoms with E-state index in [0.29, 0.717) is 54.1 Å². The molecular formula is C33H33F2N3O7. The highest BCUT2D eigenvalue weighted by atomic mass is 19.1. The molecule has 0 atom stereocenters. The summed E-state index contributed by atoms with van der Waals surface area (Å²) in [5.74, 6) is -2.36. The van der Waals surface area contributed by atoms with E-state index in [1.807, 2.05) is 0 Å². The van der Waals surface area contributed by atoms with E-state index in [2.05, 4.69) is 22.3 Å². The van der Waals surface area contributed by atoms with E-state index in [0.717, 1.165) is 6.07 Å². The van der Waals surface area contributed by atoms with Crippen molar-refractivity contribution in [2.75, 3.05) is 24.4 Å². The maximum atomic E-state index is 15.2. The number of aliphatic carboxylic acids is 1. The van der Waals surface area contributed by atoms with Crippen LogP contribution in [0.5, 0.6) is 17.2 Å². The summed E-state index contributed by atoms with van der Waals surface area (Å²) >= 11 is 0. The smallest absolute Gasteiger partial charge is 0.303 e. The molecule has 0 heterocycles. The maximum absolute atomic E-state index is 15.2. The number of carbonyl (C=O) groups is 3. The molecule has 0 aliphatic heterocycles. The van der Waals surface area contributed by atoms with Crippen LogP contribution in [0.3, 0.4) is 0 Å². The lowest BCUT2D eigenvalue weighted by Crippen LogP contribution is -2.35. The fraction of sp³-hybridized carbons (Fsp3) is 0.273. The molecule has 3 N–H and O–H groups in total. The van der Waals surface area contributed by atoms with Crippen LogP contribution in [0.15, 0.2) is 65.7 Å². The molecule has 12 heteroatoms. The molecule has 1 saturated carbocycles. The minimum atomic E-state index is -1.31. The zero-order chi connectivity index (χ0) is 32.6. The van der Waals surface area contributed by atoms with Crippen LogP contribution in [-0.4, -0.2) is 43.3 Å². The summed E-state index contributed by atoms with van der Waals surface area (Å²) in [5.41, 5.74) is 0.00674. The van der Waals surface area contributed by atoms with Gasteiger partial charge in [0.25, 0.3) is 0 Å². The molecule has 0 aromatic heterocycles. The van der Waals surface area contributed by atoms with Crippen LogP contribution in [0.25, 0.3) is 5.76 Å². The highest BCUT2D eigenvalue weighted by Gasteiger charge is 2.56. The van der Waals surface area contributed by atoms with Crippen molar-refractivity contribution in [1.82, 2.24) is 0 Å². The Labute approximate surface area is 258 Å². The van der Waals surface area contributed by atoms with Crippen LogP contribution < -0.4 is 24.8 Å². The minimum absolute atomic E-state index is 0.0432. The second-order valence-corrected chi connectivity index (χ2v) is 10.3. The topological polar surface area (TPSA) is 136 Å². The van der Waals surface area contributed by atoms with Crippen LogP contribution in [0.1, 0.15) is 44.6 Å². The van der Waals surface area contributed by atoms with Gasteiger partial charge in [-0.25, -0.2) is 8.78 Å². The molecule has 2 amide bonds. The van der Waals surface area contributed by atoms with E-state index in [-0.39, 0.29) is 30.2 Å². The monoisotopic (exact) mass is 621 g/mol. The molecule has 3 aromatic carbocycles. The number of hydrogen-bond donors (Lipinski definition) is 3. The van der Waals surface area contributed by atoms with Crippen molar-refractivity contribution in [3.8, 4) is 17.2 Å². The number of anilines is 2. The predicted molar refractivity (Wildman–Crippen MR) is 165 cm³/mol. The van der Waals surface area contributed by atoms with E-state index in [9.17, 15) is 18.8 Å². The second-order valence-electron chi connectivity index (χ2n) is 10.3. The quantitative estimate of drug-likeness (QED) is 0.0741. The first kappa shape index (κ1) is 32.6. The van der Waals surface area contributed by atoms with Crippen molar-refractivity contribution in [3.63, 3.8) is 0 Å². The van der Waals surface area contributed by atoms with Crippen LogP contribution >= 0.6 is 0 Å². The van der Waals surface area contributed by atoms with Crippen molar-refractivity contribution in [3.05, 3.63) is 77.9 Å². The SMILES string of the molecule is C=Nc1cc(OCCCCC(=O)O)c(OC)cc1/C(=C\C)Oc1ccc(NC(=O)C2(C(=O)Nc3ccc(F)cc3)CC2)cc1F. The summed E-state index contributed by atoms with van der Waals surface area (Å²) in [6, 6.07) is 12.3. The number of carboxylic acids is 1. The number of carbonyl (C=O) groups excluding carboxylic acids is 2. The van der Waals surface area contributed by atoms with Gasteiger partial charge in [-0.05, 0) is 87.9 Å². The van der Waals surface area contributed by atoms with Crippen molar-refractivity contribution in [2.24, 2.45) is 10.4 Å². The van der Waals surface area contributed by atoms with Gasteiger partial charge in [-0.15, -0.1) is 0 Å². The molecule has 1 fully saturated rings. The molecule has 10 nitrogen and oxygen atoms in total. The summed E-state index contributed by atoms with van der Waals surface area (Å²) in [4.78, 5) is 40.6. The van der Waals surface area contributed by atoms with Gasteiger partial charge in [0.1, 0.15) is 17.0 Å². The number of nitrogens with zero attached hydrogens (tertiary/aromatic N) is 1. The van der Waals surface area contributed by atoms with Gasteiger partial charge in [0.05, 0.1) is 19.4 Å². The van der Waals surface area contributed by atoms with Crippen molar-refractivity contribution in [1.29, 1.82) is 0 Å². The van der Waals surface area contributed by atoms with E-state index >= 15 is 4.39 Å². The van der Waals surface area contributed by atoms with Gasteiger partial charge in [-0.3, -0.25) is 19.4 Å². The van der Waals surface area contributed by atoms with Crippen LogP contribution in [0.2, 0.25) is 0 Å². The number of halogens is 2. The molecule has 45 heavy (non-hydrogen) atoms. The first-order valence-electron chi connectivity index (χ1n) is 14.2. The normalized spacial score (nSPS) is 13.4. The van der Waals surface area contributed by atoms with Gasteiger partial charge in [-0.2, -0.15) is 0 Å². The number of aliphatic imine (C=N–C) groups is 1. The highest BCUT2D eigenvalue weighted by Crippen LogP contribution is 2.47. The number of rotatable bonds is 15. The number of methoxy groups -OCH3 is 1. The van der Waals surface area contributed by atoms with Crippen molar-refractivity contribution >= 4 is 47.3 Å². The van der Waals surface area contributed by atoms with Crippen molar-refractivity contribution in [2.45, 2.75) is 39.0 Å². The van der Waals surface area contributed by atoms with Gasteiger partial charge in [0, 0.05) is 35.5 Å². The van der Waals surface area contributed by atoms with E-state index in [4.69, 9.17) is 19.3 Å². The van der Waals surface area contributed by atoms with E-state index in [1.165, 1.54) is 43.5 Å². The largest absolute Gasteiger partial charge is 0.493 e. The molecular weight excluding hydrogens is 588 g/mol. The average molecular weight is 622 g/mol. The Bertz CT molecular complexity index is 1620. The van der Waals surface area contributed by atoms with Crippen molar-refractivity contribution < 1.29 is 42.5 Å². The average Bonchev–Trinajstić information content (AvgIpc) is 3.84. The third-order valence-electron chi connectivity index (χ3n) is 7.15. The maximum Gasteiger partial charge on any atom is 0.303 e. The number of ether oxygens (including phenoxy) is 3. The number of benzene rings is 3. The Morgan fingerprint density at radius 2 is 1.62 bits per heavy atom. The number of nitrogens with one attached hydrogen (secondary N) is 2. The fourth-order valence-corrected chi connectivity index (χ4v) is 4.48. The Kier molecular flexibility index (Phi) is 10.5. The Morgan fingerprint density at radius 3 is 2.20 bits per heavy atom. The standard InChI is InChI=1S/C33H33F2N3O7/c1-4-26(23-18-28(43-3)29(19-25(23)36-2)44-16-6-5-7-30(39)40)45-27-13-12-22(17-24(27)35)38-32(42)33(14-15-33)31(41)37-21-10-8-20(34)9-11-21/h4,8-13,17-19H,2,5-7,14-16H2,1,3H3,(H,37,41)(H,38,42)(H,39,40)/b26-4+. The first-order chi connectivity index (χ1) is 21.6. The Balaban J connectivity index is 1.44. The van der Waals surface area contributed by atoms with Crippen LogP contribution in [0.4, 0.5) is 25.8 Å². The second kappa shape index (κ2) is 14.5. The minimum Gasteiger partial charge on any atom is -0.493 e. The lowest BCUT2D eigenvalue weighted by atomic mass is 10.0. The molecule has 1 aliphatic carbocycles. The first-order valence-corrected chi connectivity index (χ1v) is 14.2. The molecule has 0 spiro atoms. The zero-order valence-corrected chi connectivity index (χ0v) is 24.8. The molecule has 3 aromatic rings. The number of hydrogen-bond acceptors (Lipinski definition) is 7. The summed E-state index contributed by atoms with van der Waals surface area (Å²) in [5, 5.41) is 14.0. The number of carboxylic acid groups (broad SMARTS) is 1. The molecule has 0 unspecified atom stereocenters. The van der Waals surface area contributed by atoms with Gasteiger partial charge in [-0.1, -0.05) is 0 Å². The highest BCUT2D eigenvalue weighted by molar-refractivity contribution is 6.16. The van der Waals surface area contributed by atoms with Crippen LogP contribution in [0, 0.1) is 17.0 Å². The molecule has 0 bridgehead atoms. The Hall–Kier alpha value is -5.26. The van der Waals surface area contributed by atoms with Gasteiger partial charge >= 0.3 is 5.97 Å². The molecule has 0 saturated heterocycles. The zero-order valence-electron chi connectivity index (χ0n) is 24.8. The van der Waals surface area contributed by atoms with E-state index in [1.54, 1.807) is 25.1 Å². The number of amides is 2. The number of unbranched alkanes of at least 4 members (excludes halogenated alkanes) is 1. The molecule has 1 aliphatic rings. The molecule has 4 rings (SSSR count). The summed E-state index contributed by atoms with van der Waals surface area (Å²) < 4.78 is 45.5. The Morgan fingerprint density at radius 1 is 0.956 bits per heavy atom.